The first-order valence-corrected chi connectivity index (χ1v) is 11.1. The molecule has 2 N–H and O–H groups in total. The van der Waals surface area contributed by atoms with Crippen LogP contribution in [0.2, 0.25) is 0 Å². The number of para-hydroxylation sites is 1. The lowest BCUT2D eigenvalue weighted by Gasteiger charge is -2.14. The van der Waals surface area contributed by atoms with Crippen molar-refractivity contribution in [3.05, 3.63) is 59.7 Å². The summed E-state index contributed by atoms with van der Waals surface area (Å²) in [5.74, 6) is -0.824. The number of benzene rings is 2. The minimum atomic E-state index is -3.67. The van der Waals surface area contributed by atoms with E-state index in [-0.39, 0.29) is 22.5 Å². The van der Waals surface area contributed by atoms with E-state index >= 15 is 0 Å². The molecule has 3 rings (SSSR count). The highest BCUT2D eigenvalue weighted by atomic mass is 32.2. The molecule has 2 aromatic carbocycles. The number of carbonyl (C=O) groups is 2. The molecule has 1 fully saturated rings. The van der Waals surface area contributed by atoms with Crippen molar-refractivity contribution in [2.45, 2.75) is 23.8 Å². The molecule has 1 atom stereocenters. The molecule has 0 bridgehead atoms. The Hall–Kier alpha value is -2.75. The van der Waals surface area contributed by atoms with Crippen LogP contribution in [-0.2, 0) is 14.8 Å². The second-order valence-corrected chi connectivity index (χ2v) is 9.31. The minimum Gasteiger partial charge on any atom is -0.376 e. The Morgan fingerprint density at radius 3 is 2.57 bits per heavy atom. The van der Waals surface area contributed by atoms with Crippen LogP contribution in [0.4, 0.5) is 5.69 Å². The van der Waals surface area contributed by atoms with E-state index in [0.717, 1.165) is 17.1 Å². The number of rotatable bonds is 7. The molecule has 30 heavy (non-hydrogen) atoms. The number of ether oxygens (including phenoxy) is 1. The van der Waals surface area contributed by atoms with E-state index in [9.17, 15) is 18.0 Å². The zero-order valence-electron chi connectivity index (χ0n) is 16.9. The highest BCUT2D eigenvalue weighted by Crippen LogP contribution is 2.19. The normalized spacial score (nSPS) is 16.4. The van der Waals surface area contributed by atoms with Gasteiger partial charge in [-0.05, 0) is 43.2 Å². The molecule has 1 aliphatic rings. The van der Waals surface area contributed by atoms with Gasteiger partial charge in [-0.15, -0.1) is 0 Å². The Morgan fingerprint density at radius 1 is 1.10 bits per heavy atom. The van der Waals surface area contributed by atoms with Crippen molar-refractivity contribution in [2.24, 2.45) is 0 Å². The maximum Gasteiger partial charge on any atom is 0.255 e. The number of carbonyl (C=O) groups excluding carboxylic acids is 2. The summed E-state index contributed by atoms with van der Waals surface area (Å²) < 4.78 is 31.2. The van der Waals surface area contributed by atoms with Gasteiger partial charge in [0.15, 0.2) is 0 Å². The van der Waals surface area contributed by atoms with Crippen molar-refractivity contribution in [1.29, 1.82) is 0 Å². The van der Waals surface area contributed by atoms with Crippen LogP contribution in [0.3, 0.4) is 0 Å². The molecule has 0 unspecified atom stereocenters. The number of amides is 2. The van der Waals surface area contributed by atoms with E-state index in [2.05, 4.69) is 10.6 Å². The first-order valence-electron chi connectivity index (χ1n) is 9.62. The molecule has 9 heteroatoms. The molecule has 0 saturated carbocycles. The fourth-order valence-corrected chi connectivity index (χ4v) is 4.05. The zero-order valence-corrected chi connectivity index (χ0v) is 17.7. The van der Waals surface area contributed by atoms with Crippen molar-refractivity contribution in [3.63, 3.8) is 0 Å². The third kappa shape index (κ3) is 5.05. The summed E-state index contributed by atoms with van der Waals surface area (Å²) in [5.41, 5.74) is 0.835. The predicted octanol–water partition coefficient (Wildman–Crippen LogP) is 2.10. The van der Waals surface area contributed by atoms with Crippen molar-refractivity contribution >= 4 is 27.5 Å². The summed E-state index contributed by atoms with van der Waals surface area (Å²) in [6.07, 6.45) is 1.90. The summed E-state index contributed by atoms with van der Waals surface area (Å²) >= 11 is 0. The van der Waals surface area contributed by atoms with Gasteiger partial charge in [-0.25, -0.2) is 12.7 Å². The third-order valence-corrected chi connectivity index (χ3v) is 6.62. The van der Waals surface area contributed by atoms with E-state index in [0.29, 0.717) is 24.4 Å². The average molecular weight is 432 g/mol. The van der Waals surface area contributed by atoms with Gasteiger partial charge in [0.25, 0.3) is 11.8 Å². The molecule has 2 aromatic rings. The van der Waals surface area contributed by atoms with E-state index in [1.165, 1.54) is 38.4 Å². The molecular weight excluding hydrogens is 406 g/mol. The average Bonchev–Trinajstić information content (AvgIpc) is 3.26. The van der Waals surface area contributed by atoms with Gasteiger partial charge >= 0.3 is 0 Å². The van der Waals surface area contributed by atoms with Gasteiger partial charge in [0.1, 0.15) is 0 Å². The smallest absolute Gasteiger partial charge is 0.255 e. The molecule has 1 aliphatic heterocycles. The van der Waals surface area contributed by atoms with Crippen LogP contribution in [0.15, 0.2) is 53.4 Å². The molecular formula is C21H25N3O5S. The van der Waals surface area contributed by atoms with Crippen molar-refractivity contribution in [3.8, 4) is 0 Å². The van der Waals surface area contributed by atoms with Crippen LogP contribution in [0.25, 0.3) is 0 Å². The molecule has 160 valence electrons. The molecule has 1 heterocycles. The fourth-order valence-electron chi connectivity index (χ4n) is 3.10. The minimum absolute atomic E-state index is 0.0112. The maximum atomic E-state index is 12.7. The first kappa shape index (κ1) is 21.9. The van der Waals surface area contributed by atoms with E-state index < -0.39 is 15.9 Å². The Bertz CT molecular complexity index is 1030. The third-order valence-electron chi connectivity index (χ3n) is 4.81. The van der Waals surface area contributed by atoms with Gasteiger partial charge < -0.3 is 15.4 Å². The van der Waals surface area contributed by atoms with E-state index in [1.807, 2.05) is 0 Å². The largest absolute Gasteiger partial charge is 0.376 e. The maximum absolute atomic E-state index is 12.7. The first-order chi connectivity index (χ1) is 14.3. The molecule has 0 aromatic heterocycles. The van der Waals surface area contributed by atoms with Gasteiger partial charge in [-0.2, -0.15) is 0 Å². The number of nitrogens with one attached hydrogen (secondary N) is 2. The topological polar surface area (TPSA) is 105 Å². The van der Waals surface area contributed by atoms with Crippen molar-refractivity contribution < 1.29 is 22.7 Å². The van der Waals surface area contributed by atoms with Gasteiger partial charge in [-0.3, -0.25) is 9.59 Å². The molecule has 8 nitrogen and oxygen atoms in total. The van der Waals surface area contributed by atoms with Crippen molar-refractivity contribution in [2.75, 3.05) is 32.6 Å². The molecule has 0 aliphatic carbocycles. The second kappa shape index (κ2) is 9.38. The summed E-state index contributed by atoms with van der Waals surface area (Å²) in [6.45, 7) is 1.11. The monoisotopic (exact) mass is 431 g/mol. The van der Waals surface area contributed by atoms with Crippen LogP contribution in [0.1, 0.15) is 33.6 Å². The summed E-state index contributed by atoms with van der Waals surface area (Å²) in [7, 11) is -0.817. The number of hydrogen-bond acceptors (Lipinski definition) is 5. The lowest BCUT2D eigenvalue weighted by molar-refractivity contribution is 0.0858. The predicted molar refractivity (Wildman–Crippen MR) is 113 cm³/mol. The van der Waals surface area contributed by atoms with Gasteiger partial charge in [0.05, 0.1) is 22.3 Å². The molecule has 0 radical (unpaired) electrons. The Kier molecular flexibility index (Phi) is 6.86. The number of hydrogen-bond donors (Lipinski definition) is 2. The molecule has 1 saturated heterocycles. The summed E-state index contributed by atoms with van der Waals surface area (Å²) in [5, 5.41) is 5.54. The van der Waals surface area contributed by atoms with Crippen LogP contribution in [0.5, 0.6) is 0 Å². The van der Waals surface area contributed by atoms with Crippen LogP contribution in [-0.4, -0.2) is 57.9 Å². The second-order valence-electron chi connectivity index (χ2n) is 7.16. The standard InChI is InChI=1S/C21H25N3O5S/c1-24(2)30(27,28)17-9-5-7-15(13-17)20(25)23-19-11-4-3-10-18(19)21(26)22-14-16-8-6-12-29-16/h3-5,7,9-11,13,16H,6,8,12,14H2,1-2H3,(H,22,26)(H,23,25)/t16-/m1/s1. The summed E-state index contributed by atoms with van der Waals surface area (Å²) in [4.78, 5) is 25.3. The molecule has 2 amide bonds. The Balaban J connectivity index is 1.75. The SMILES string of the molecule is CN(C)S(=O)(=O)c1cccc(C(=O)Nc2ccccc2C(=O)NC[C@H]2CCCO2)c1. The fraction of sp³-hybridized carbons (Fsp3) is 0.333. The van der Waals surface area contributed by atoms with E-state index in [1.54, 1.807) is 24.3 Å². The Morgan fingerprint density at radius 2 is 1.87 bits per heavy atom. The van der Waals surface area contributed by atoms with E-state index in [4.69, 9.17) is 4.74 Å². The highest BCUT2D eigenvalue weighted by molar-refractivity contribution is 7.89. The highest BCUT2D eigenvalue weighted by Gasteiger charge is 2.21. The number of nitrogens with zero attached hydrogens (tertiary/aromatic N) is 1. The molecule has 0 spiro atoms. The van der Waals surface area contributed by atoms with Crippen molar-refractivity contribution in [1.82, 2.24) is 9.62 Å². The quantitative estimate of drug-likeness (QED) is 0.699. The number of sulfonamides is 1. The zero-order chi connectivity index (χ0) is 21.7. The lowest BCUT2D eigenvalue weighted by Crippen LogP contribution is -2.32. The summed E-state index contributed by atoms with van der Waals surface area (Å²) in [6, 6.07) is 12.4. The number of anilines is 1. The van der Waals surface area contributed by atoms with Gasteiger partial charge in [-0.1, -0.05) is 18.2 Å². The Labute approximate surface area is 176 Å². The lowest BCUT2D eigenvalue weighted by atomic mass is 10.1. The van der Waals surface area contributed by atoms with Gasteiger partial charge in [0.2, 0.25) is 10.0 Å². The van der Waals surface area contributed by atoms with Crippen LogP contribution < -0.4 is 10.6 Å². The van der Waals surface area contributed by atoms with Crippen LogP contribution in [0, 0.1) is 0 Å². The van der Waals surface area contributed by atoms with Crippen LogP contribution >= 0.6 is 0 Å². The van der Waals surface area contributed by atoms with Gasteiger partial charge in [0, 0.05) is 32.8 Å².